The van der Waals surface area contributed by atoms with E-state index in [1.165, 1.54) is 23.5 Å². The lowest BCUT2D eigenvalue weighted by molar-refractivity contribution is -0.130. The number of amides is 4. The molecule has 0 aliphatic carbocycles. The van der Waals surface area contributed by atoms with E-state index in [4.69, 9.17) is 0 Å². The van der Waals surface area contributed by atoms with E-state index in [1.54, 1.807) is 0 Å². The maximum atomic E-state index is 11.9. The van der Waals surface area contributed by atoms with Crippen molar-refractivity contribution < 1.29 is 14.4 Å². The molecule has 1 aromatic rings. The number of carbonyl (C=O) groups excluding carboxylic acids is 3. The average molecular weight is 311 g/mol. The fourth-order valence-corrected chi connectivity index (χ4v) is 2.71. The quantitative estimate of drug-likeness (QED) is 0.782. The van der Waals surface area contributed by atoms with Crippen LogP contribution in [0.15, 0.2) is 0 Å². The molecule has 1 aromatic heterocycles. The van der Waals surface area contributed by atoms with Gasteiger partial charge >= 0.3 is 6.03 Å². The molecule has 9 heteroatoms. The van der Waals surface area contributed by atoms with Crippen molar-refractivity contribution in [2.75, 3.05) is 20.1 Å². The number of nitrogens with one attached hydrogen (secondary N) is 1. The Bertz CT molecular complexity index is 571. The number of nitrogens with zero attached hydrogens (tertiary/aromatic N) is 4. The Morgan fingerprint density at radius 1 is 1.43 bits per heavy atom. The van der Waals surface area contributed by atoms with Crippen LogP contribution in [-0.2, 0) is 16.1 Å². The summed E-state index contributed by atoms with van der Waals surface area (Å²) in [6.07, 6.45) is 0. The number of urea groups is 1. The van der Waals surface area contributed by atoms with Crippen LogP contribution in [0.3, 0.4) is 0 Å². The topological polar surface area (TPSA) is 95.5 Å². The Kier molecular flexibility index (Phi) is 4.51. The van der Waals surface area contributed by atoms with Gasteiger partial charge in [0.2, 0.25) is 5.91 Å². The van der Waals surface area contributed by atoms with E-state index in [0.29, 0.717) is 6.54 Å². The molecule has 1 aliphatic heterocycles. The van der Waals surface area contributed by atoms with Crippen LogP contribution in [0, 0.1) is 0 Å². The van der Waals surface area contributed by atoms with Gasteiger partial charge in [-0.3, -0.25) is 14.5 Å². The van der Waals surface area contributed by atoms with E-state index in [0.717, 1.165) is 15.5 Å². The first kappa shape index (κ1) is 15.4. The predicted molar refractivity (Wildman–Crippen MR) is 75.6 cm³/mol. The van der Waals surface area contributed by atoms with Gasteiger partial charge in [0.1, 0.15) is 13.1 Å². The number of rotatable bonds is 5. The molecule has 1 fully saturated rings. The second-order valence-electron chi connectivity index (χ2n) is 5.13. The van der Waals surface area contributed by atoms with Crippen LogP contribution >= 0.6 is 11.5 Å². The lowest BCUT2D eigenvalue weighted by Crippen LogP contribution is -2.40. The van der Waals surface area contributed by atoms with Crippen molar-refractivity contribution in [3.05, 3.63) is 10.6 Å². The van der Waals surface area contributed by atoms with Crippen molar-refractivity contribution in [1.29, 1.82) is 0 Å². The van der Waals surface area contributed by atoms with Crippen LogP contribution in [-0.4, -0.2) is 57.4 Å². The minimum Gasteiger partial charge on any atom is -0.350 e. The van der Waals surface area contributed by atoms with E-state index in [-0.39, 0.29) is 30.8 Å². The zero-order valence-corrected chi connectivity index (χ0v) is 12.9. The Balaban J connectivity index is 1.89. The van der Waals surface area contributed by atoms with Crippen LogP contribution in [0.25, 0.3) is 0 Å². The normalized spacial score (nSPS) is 15.2. The largest absolute Gasteiger partial charge is 0.350 e. The van der Waals surface area contributed by atoms with Gasteiger partial charge in [0.15, 0.2) is 0 Å². The van der Waals surface area contributed by atoms with Crippen LogP contribution in [0.5, 0.6) is 0 Å². The maximum absolute atomic E-state index is 11.9. The number of carbonyl (C=O) groups is 3. The number of hydrogen-bond donors (Lipinski definition) is 1. The zero-order valence-electron chi connectivity index (χ0n) is 12.1. The Morgan fingerprint density at radius 3 is 2.71 bits per heavy atom. The van der Waals surface area contributed by atoms with Gasteiger partial charge in [-0.1, -0.05) is 18.3 Å². The van der Waals surface area contributed by atoms with Gasteiger partial charge in [-0.25, -0.2) is 4.79 Å². The molecule has 0 saturated carbocycles. The summed E-state index contributed by atoms with van der Waals surface area (Å²) in [4.78, 5) is 38.2. The van der Waals surface area contributed by atoms with Gasteiger partial charge in [-0.2, -0.15) is 0 Å². The van der Waals surface area contributed by atoms with Crippen molar-refractivity contribution in [3.8, 4) is 0 Å². The third kappa shape index (κ3) is 3.35. The Labute approximate surface area is 126 Å². The lowest BCUT2D eigenvalue weighted by atomic mass is 10.1. The monoisotopic (exact) mass is 311 g/mol. The van der Waals surface area contributed by atoms with Gasteiger partial charge in [0, 0.05) is 7.05 Å². The van der Waals surface area contributed by atoms with Crippen molar-refractivity contribution in [1.82, 2.24) is 24.7 Å². The van der Waals surface area contributed by atoms with Gasteiger partial charge in [-0.15, -0.1) is 5.10 Å². The predicted octanol–water partition coefficient (Wildman–Crippen LogP) is 0.172. The van der Waals surface area contributed by atoms with Crippen LogP contribution < -0.4 is 5.32 Å². The third-order valence-electron chi connectivity index (χ3n) is 3.11. The molecule has 0 radical (unpaired) electrons. The second kappa shape index (κ2) is 6.17. The summed E-state index contributed by atoms with van der Waals surface area (Å²) in [5.41, 5.74) is 0.855. The molecule has 114 valence electrons. The molecule has 1 N–H and O–H groups in total. The van der Waals surface area contributed by atoms with E-state index in [1.807, 2.05) is 13.8 Å². The number of hydrogen-bond acceptors (Lipinski definition) is 6. The van der Waals surface area contributed by atoms with Crippen LogP contribution in [0.2, 0.25) is 0 Å². The molecule has 0 bridgehead atoms. The van der Waals surface area contributed by atoms with E-state index < -0.39 is 6.03 Å². The lowest BCUT2D eigenvalue weighted by Gasteiger charge is -2.13. The van der Waals surface area contributed by atoms with Crippen molar-refractivity contribution >= 4 is 29.4 Å². The second-order valence-corrected chi connectivity index (χ2v) is 5.97. The molecular formula is C12H17N5O3S. The smallest absolute Gasteiger partial charge is 0.327 e. The van der Waals surface area contributed by atoms with E-state index in [2.05, 4.69) is 14.9 Å². The molecule has 2 heterocycles. The number of likely N-dealkylation sites (N-methyl/N-ethyl adjacent to an activating group) is 1. The summed E-state index contributed by atoms with van der Waals surface area (Å²) in [7, 11) is 1.52. The highest BCUT2D eigenvalue weighted by Crippen LogP contribution is 2.19. The first-order valence-corrected chi connectivity index (χ1v) is 7.30. The van der Waals surface area contributed by atoms with Gasteiger partial charge in [0.05, 0.1) is 17.1 Å². The molecule has 0 unspecified atom stereocenters. The van der Waals surface area contributed by atoms with Crippen molar-refractivity contribution in [3.63, 3.8) is 0 Å². The van der Waals surface area contributed by atoms with Crippen molar-refractivity contribution in [2.45, 2.75) is 26.3 Å². The minimum atomic E-state index is -0.447. The van der Waals surface area contributed by atoms with Crippen LogP contribution in [0.1, 0.15) is 30.3 Å². The average Bonchev–Trinajstić information content (AvgIpc) is 2.97. The van der Waals surface area contributed by atoms with Gasteiger partial charge in [-0.05, 0) is 17.5 Å². The molecule has 2 rings (SSSR count). The summed E-state index contributed by atoms with van der Waals surface area (Å²) < 4.78 is 3.87. The first-order valence-electron chi connectivity index (χ1n) is 6.53. The first-order chi connectivity index (χ1) is 9.90. The zero-order chi connectivity index (χ0) is 15.6. The van der Waals surface area contributed by atoms with Crippen LogP contribution in [0.4, 0.5) is 4.79 Å². The fraction of sp³-hybridized carbons (Fsp3) is 0.583. The molecule has 1 aliphatic rings. The Morgan fingerprint density at radius 2 is 2.14 bits per heavy atom. The number of aromatic nitrogens is 2. The summed E-state index contributed by atoms with van der Waals surface area (Å²) >= 11 is 1.23. The molecule has 21 heavy (non-hydrogen) atoms. The molecule has 0 aromatic carbocycles. The number of imide groups is 1. The summed E-state index contributed by atoms with van der Waals surface area (Å²) in [6.45, 7) is 4.06. The molecule has 1 saturated heterocycles. The SMILES string of the molecule is CC(C)c1nnsc1CNC(=O)CN1C(=O)CN(C)C1=O. The van der Waals surface area contributed by atoms with E-state index >= 15 is 0 Å². The summed E-state index contributed by atoms with van der Waals surface area (Å²) in [5.74, 6) is -0.513. The fourth-order valence-electron chi connectivity index (χ4n) is 1.98. The van der Waals surface area contributed by atoms with Gasteiger partial charge in [0.25, 0.3) is 5.91 Å². The standard InChI is InChI=1S/C12H17N5O3S/c1-7(2)11-8(21-15-14-11)4-13-9(18)5-17-10(19)6-16(3)12(17)20/h7H,4-6H2,1-3H3,(H,13,18). The molecule has 4 amide bonds. The molecule has 0 atom stereocenters. The molecular weight excluding hydrogens is 294 g/mol. The minimum absolute atomic E-state index is 0.0162. The van der Waals surface area contributed by atoms with E-state index in [9.17, 15) is 14.4 Å². The molecule has 8 nitrogen and oxygen atoms in total. The van der Waals surface area contributed by atoms with Gasteiger partial charge < -0.3 is 10.2 Å². The highest BCUT2D eigenvalue weighted by atomic mass is 32.1. The summed E-state index contributed by atoms with van der Waals surface area (Å²) in [5, 5.41) is 6.71. The third-order valence-corrected chi connectivity index (χ3v) is 3.85. The maximum Gasteiger partial charge on any atom is 0.327 e. The highest BCUT2D eigenvalue weighted by molar-refractivity contribution is 7.05. The van der Waals surface area contributed by atoms with Crippen molar-refractivity contribution in [2.24, 2.45) is 0 Å². The Hall–Kier alpha value is -2.03. The highest BCUT2D eigenvalue weighted by Gasteiger charge is 2.34. The summed E-state index contributed by atoms with van der Waals surface area (Å²) in [6, 6.07) is -0.447. The molecule has 0 spiro atoms.